The number of likely N-dealkylation sites (tertiary alicyclic amines) is 1. The zero-order valence-electron chi connectivity index (χ0n) is 11.0. The smallest absolute Gasteiger partial charge is 0.126 e. The van der Waals surface area contributed by atoms with Crippen LogP contribution in [0.25, 0.3) is 0 Å². The van der Waals surface area contributed by atoms with Gasteiger partial charge in [0.25, 0.3) is 0 Å². The van der Waals surface area contributed by atoms with Crippen molar-refractivity contribution in [2.24, 2.45) is 0 Å². The molecule has 2 rings (SSSR count). The Morgan fingerprint density at radius 1 is 1.37 bits per heavy atom. The highest BCUT2D eigenvalue weighted by atomic mass is 19.1. The molecule has 1 saturated heterocycles. The van der Waals surface area contributed by atoms with E-state index in [-0.39, 0.29) is 6.10 Å². The van der Waals surface area contributed by atoms with Crippen LogP contribution in [0.2, 0.25) is 0 Å². The highest BCUT2D eigenvalue weighted by Gasteiger charge is 2.22. The second kappa shape index (κ2) is 6.41. The Bertz CT molecular complexity index is 408. The lowest BCUT2D eigenvalue weighted by Crippen LogP contribution is -2.25. The summed E-state index contributed by atoms with van der Waals surface area (Å²) in [5.74, 6) is -1.32. The summed E-state index contributed by atoms with van der Waals surface area (Å²) < 4.78 is 31.4. The van der Waals surface area contributed by atoms with Crippen molar-refractivity contribution in [3.63, 3.8) is 0 Å². The average molecular weight is 271 g/mol. The van der Waals surface area contributed by atoms with Crippen LogP contribution in [0.4, 0.5) is 8.78 Å². The van der Waals surface area contributed by atoms with Gasteiger partial charge in [-0.2, -0.15) is 0 Å². The second-order valence-electron chi connectivity index (χ2n) is 4.95. The normalized spacial score (nSPS) is 21.8. The maximum absolute atomic E-state index is 13.0. The molecule has 19 heavy (non-hydrogen) atoms. The van der Waals surface area contributed by atoms with Gasteiger partial charge in [-0.3, -0.25) is 0 Å². The van der Waals surface area contributed by atoms with Crippen LogP contribution in [-0.2, 0) is 4.74 Å². The van der Waals surface area contributed by atoms with Crippen LogP contribution < -0.4 is 0 Å². The van der Waals surface area contributed by atoms with Crippen molar-refractivity contribution in [1.29, 1.82) is 0 Å². The first-order chi connectivity index (χ1) is 9.08. The van der Waals surface area contributed by atoms with E-state index in [2.05, 4.69) is 4.90 Å². The van der Waals surface area contributed by atoms with Crippen LogP contribution in [0.3, 0.4) is 0 Å². The van der Waals surface area contributed by atoms with E-state index in [1.54, 1.807) is 7.11 Å². The number of hydrogen-bond acceptors (Lipinski definition) is 3. The molecule has 0 radical (unpaired) electrons. The molecule has 2 unspecified atom stereocenters. The fourth-order valence-electron chi connectivity index (χ4n) is 2.43. The van der Waals surface area contributed by atoms with Crippen molar-refractivity contribution in [1.82, 2.24) is 4.90 Å². The molecule has 2 atom stereocenters. The summed E-state index contributed by atoms with van der Waals surface area (Å²) in [4.78, 5) is 2.19. The second-order valence-corrected chi connectivity index (χ2v) is 4.95. The molecule has 106 valence electrons. The Morgan fingerprint density at radius 3 is 2.63 bits per heavy atom. The molecule has 1 fully saturated rings. The lowest BCUT2D eigenvalue weighted by atomic mass is 10.1. The van der Waals surface area contributed by atoms with Gasteiger partial charge in [-0.15, -0.1) is 0 Å². The molecule has 0 aromatic heterocycles. The fraction of sp³-hybridized carbons (Fsp3) is 0.571. The van der Waals surface area contributed by atoms with E-state index in [4.69, 9.17) is 4.74 Å². The van der Waals surface area contributed by atoms with Crippen LogP contribution in [-0.4, -0.2) is 42.9 Å². The summed E-state index contributed by atoms with van der Waals surface area (Å²) in [5, 5.41) is 9.96. The summed E-state index contributed by atoms with van der Waals surface area (Å²) in [7, 11) is 1.69. The first-order valence-electron chi connectivity index (χ1n) is 6.47. The molecule has 1 aliphatic rings. The minimum absolute atomic E-state index is 0.253. The molecular formula is C14H19F2NO2. The molecule has 1 N–H and O–H groups in total. The summed E-state index contributed by atoms with van der Waals surface area (Å²) in [6.45, 7) is 2.47. The first kappa shape index (κ1) is 14.4. The van der Waals surface area contributed by atoms with Gasteiger partial charge in [0.15, 0.2) is 0 Å². The Kier molecular flexibility index (Phi) is 4.85. The van der Waals surface area contributed by atoms with Crippen LogP contribution in [0.5, 0.6) is 0 Å². The molecule has 1 aromatic carbocycles. The number of benzene rings is 1. The van der Waals surface area contributed by atoms with Crippen LogP contribution in [0.1, 0.15) is 24.5 Å². The third-order valence-corrected chi connectivity index (χ3v) is 3.55. The number of nitrogens with zero attached hydrogens (tertiary/aromatic N) is 1. The highest BCUT2D eigenvalue weighted by Crippen LogP contribution is 2.21. The van der Waals surface area contributed by atoms with Gasteiger partial charge in [0.1, 0.15) is 11.6 Å². The third kappa shape index (κ3) is 3.96. The minimum Gasteiger partial charge on any atom is -0.388 e. The number of aliphatic hydroxyl groups excluding tert-OH is 1. The van der Waals surface area contributed by atoms with E-state index in [0.29, 0.717) is 18.5 Å². The largest absolute Gasteiger partial charge is 0.388 e. The van der Waals surface area contributed by atoms with Gasteiger partial charge < -0.3 is 14.7 Å². The number of methoxy groups -OCH3 is 1. The van der Waals surface area contributed by atoms with Crippen molar-refractivity contribution >= 4 is 0 Å². The predicted molar refractivity (Wildman–Crippen MR) is 67.8 cm³/mol. The molecule has 1 aliphatic heterocycles. The monoisotopic (exact) mass is 271 g/mol. The molecule has 1 heterocycles. The summed E-state index contributed by atoms with van der Waals surface area (Å²) in [6.07, 6.45) is 0.858. The molecule has 3 nitrogen and oxygen atoms in total. The van der Waals surface area contributed by atoms with Crippen LogP contribution >= 0.6 is 0 Å². The Balaban J connectivity index is 1.85. The van der Waals surface area contributed by atoms with E-state index in [9.17, 15) is 13.9 Å². The van der Waals surface area contributed by atoms with Gasteiger partial charge in [-0.1, -0.05) is 0 Å². The topological polar surface area (TPSA) is 32.7 Å². The average Bonchev–Trinajstić information content (AvgIpc) is 2.82. The van der Waals surface area contributed by atoms with E-state index < -0.39 is 17.7 Å². The molecule has 0 saturated carbocycles. The third-order valence-electron chi connectivity index (χ3n) is 3.55. The first-order valence-corrected chi connectivity index (χ1v) is 6.47. The van der Waals surface area contributed by atoms with Crippen molar-refractivity contribution in [2.45, 2.75) is 25.0 Å². The van der Waals surface area contributed by atoms with E-state index in [0.717, 1.165) is 25.6 Å². The number of halogens is 2. The van der Waals surface area contributed by atoms with Gasteiger partial charge in [0, 0.05) is 32.8 Å². The lowest BCUT2D eigenvalue weighted by molar-refractivity contribution is 0.102. The van der Waals surface area contributed by atoms with Crippen LogP contribution in [0, 0.1) is 11.6 Å². The maximum Gasteiger partial charge on any atom is 0.126 e. The molecule has 0 bridgehead atoms. The minimum atomic E-state index is -0.841. The fourth-order valence-corrected chi connectivity index (χ4v) is 2.43. The Hall–Kier alpha value is -1.04. The van der Waals surface area contributed by atoms with Gasteiger partial charge in [-0.05, 0) is 30.5 Å². The van der Waals surface area contributed by atoms with Gasteiger partial charge in [-0.25, -0.2) is 8.78 Å². The summed E-state index contributed by atoms with van der Waals surface area (Å²) >= 11 is 0. The molecule has 0 aliphatic carbocycles. The van der Waals surface area contributed by atoms with Crippen molar-refractivity contribution in [3.05, 3.63) is 35.4 Å². The van der Waals surface area contributed by atoms with Gasteiger partial charge in [0.05, 0.1) is 12.2 Å². The number of ether oxygens (including phenoxy) is 1. The molecule has 1 aromatic rings. The zero-order chi connectivity index (χ0) is 13.8. The van der Waals surface area contributed by atoms with Crippen molar-refractivity contribution < 1.29 is 18.6 Å². The quantitative estimate of drug-likeness (QED) is 0.890. The van der Waals surface area contributed by atoms with E-state index in [1.165, 1.54) is 12.1 Å². The molecule has 0 amide bonds. The molecule has 5 heteroatoms. The Morgan fingerprint density at radius 2 is 2.05 bits per heavy atom. The highest BCUT2D eigenvalue weighted by molar-refractivity contribution is 5.20. The SMILES string of the molecule is COC1CCN(CCC(O)c2cc(F)cc(F)c2)C1. The summed E-state index contributed by atoms with van der Waals surface area (Å²) in [5.41, 5.74) is 0.292. The summed E-state index contributed by atoms with van der Waals surface area (Å²) in [6, 6.07) is 3.16. The lowest BCUT2D eigenvalue weighted by Gasteiger charge is -2.18. The van der Waals surface area contributed by atoms with Crippen molar-refractivity contribution in [3.8, 4) is 0 Å². The predicted octanol–water partition coefficient (Wildman–Crippen LogP) is 2.11. The maximum atomic E-state index is 13.0. The molecule has 0 spiro atoms. The number of hydrogen-bond donors (Lipinski definition) is 1. The van der Waals surface area contributed by atoms with Crippen LogP contribution in [0.15, 0.2) is 18.2 Å². The van der Waals surface area contributed by atoms with Gasteiger partial charge >= 0.3 is 0 Å². The van der Waals surface area contributed by atoms with Gasteiger partial charge in [0.2, 0.25) is 0 Å². The van der Waals surface area contributed by atoms with E-state index in [1.807, 2.05) is 0 Å². The number of rotatable bonds is 5. The zero-order valence-corrected chi connectivity index (χ0v) is 11.0. The standard InChI is InChI=1S/C14H19F2NO2/c1-19-13-2-4-17(9-13)5-3-14(18)10-6-11(15)8-12(16)7-10/h6-8,13-14,18H,2-5,9H2,1H3. The van der Waals surface area contributed by atoms with Crippen molar-refractivity contribution in [2.75, 3.05) is 26.7 Å². The van der Waals surface area contributed by atoms with E-state index >= 15 is 0 Å². The number of aliphatic hydroxyl groups is 1. The molecular weight excluding hydrogens is 252 g/mol. The Labute approximate surface area is 111 Å².